The van der Waals surface area contributed by atoms with Crippen molar-refractivity contribution < 1.29 is 4.79 Å². The molecule has 1 aliphatic carbocycles. The van der Waals surface area contributed by atoms with Gasteiger partial charge in [0.25, 0.3) is 0 Å². The van der Waals surface area contributed by atoms with Crippen LogP contribution in [-0.2, 0) is 18.3 Å². The molecule has 0 unspecified atom stereocenters. The molecule has 0 aromatic carbocycles. The lowest BCUT2D eigenvalue weighted by molar-refractivity contribution is -0.128. The van der Waals surface area contributed by atoms with Gasteiger partial charge in [-0.15, -0.1) is 0 Å². The maximum Gasteiger partial charge on any atom is 0.144 e. The van der Waals surface area contributed by atoms with Gasteiger partial charge < -0.3 is 5.73 Å². The molecule has 0 atom stereocenters. The zero-order valence-corrected chi connectivity index (χ0v) is 11.2. The highest BCUT2D eigenvalue weighted by molar-refractivity contribution is 5.87. The Morgan fingerprint density at radius 1 is 1.39 bits per heavy atom. The quantitative estimate of drug-likeness (QED) is 0.828. The number of nitrogens with zero attached hydrogens (tertiary/aromatic N) is 2. The van der Waals surface area contributed by atoms with E-state index in [0.717, 1.165) is 31.2 Å². The van der Waals surface area contributed by atoms with Gasteiger partial charge in [-0.05, 0) is 18.4 Å². The molecule has 0 saturated heterocycles. The van der Waals surface area contributed by atoms with E-state index in [2.05, 4.69) is 5.10 Å². The fourth-order valence-corrected chi connectivity index (χ4v) is 2.94. The first-order chi connectivity index (χ1) is 8.66. The molecule has 0 bridgehead atoms. The number of carbonyl (C=O) groups excluding carboxylic acids is 1. The van der Waals surface area contributed by atoms with Gasteiger partial charge in [0, 0.05) is 31.6 Å². The fourth-order valence-electron chi connectivity index (χ4n) is 2.94. The van der Waals surface area contributed by atoms with Gasteiger partial charge in [-0.1, -0.05) is 25.7 Å². The van der Waals surface area contributed by atoms with Gasteiger partial charge in [-0.25, -0.2) is 0 Å². The van der Waals surface area contributed by atoms with Crippen LogP contribution in [-0.4, -0.2) is 22.1 Å². The standard InChI is InChI=1S/C14H23N3O/c1-17-10-12(9-16-17)8-13(18)14(11-15)6-4-2-3-5-7-14/h9-10H,2-8,11,15H2,1H3. The van der Waals surface area contributed by atoms with Crippen LogP contribution in [0.2, 0.25) is 0 Å². The lowest BCUT2D eigenvalue weighted by atomic mass is 9.75. The number of hydrogen-bond acceptors (Lipinski definition) is 3. The predicted octanol–water partition coefficient (Wildman–Crippen LogP) is 1.83. The van der Waals surface area contributed by atoms with Crippen LogP contribution in [0, 0.1) is 5.41 Å². The van der Waals surface area contributed by atoms with Gasteiger partial charge >= 0.3 is 0 Å². The van der Waals surface area contributed by atoms with Crippen molar-refractivity contribution in [3.63, 3.8) is 0 Å². The first-order valence-electron chi connectivity index (χ1n) is 6.87. The molecule has 18 heavy (non-hydrogen) atoms. The summed E-state index contributed by atoms with van der Waals surface area (Å²) in [6.45, 7) is 0.492. The second-order valence-electron chi connectivity index (χ2n) is 5.52. The average Bonchev–Trinajstić information content (AvgIpc) is 2.65. The van der Waals surface area contributed by atoms with Gasteiger partial charge in [0.1, 0.15) is 5.78 Å². The van der Waals surface area contributed by atoms with Crippen LogP contribution in [0.5, 0.6) is 0 Å². The predicted molar refractivity (Wildman–Crippen MR) is 71.1 cm³/mol. The maximum absolute atomic E-state index is 12.6. The van der Waals surface area contributed by atoms with Crippen molar-refractivity contribution in [2.45, 2.75) is 44.9 Å². The molecule has 2 N–H and O–H groups in total. The third kappa shape index (κ3) is 2.80. The van der Waals surface area contributed by atoms with E-state index in [-0.39, 0.29) is 5.41 Å². The lowest BCUT2D eigenvalue weighted by Crippen LogP contribution is -2.39. The summed E-state index contributed by atoms with van der Waals surface area (Å²) in [6.07, 6.45) is 10.8. The van der Waals surface area contributed by atoms with Crippen LogP contribution in [0.1, 0.15) is 44.1 Å². The number of aromatic nitrogens is 2. The normalized spacial score (nSPS) is 19.4. The molecule has 1 aromatic rings. The van der Waals surface area contributed by atoms with Gasteiger partial charge in [-0.2, -0.15) is 5.10 Å². The topological polar surface area (TPSA) is 60.9 Å². The molecule has 4 heteroatoms. The minimum absolute atomic E-state index is 0.271. The summed E-state index contributed by atoms with van der Waals surface area (Å²) in [5.74, 6) is 0.305. The number of ketones is 1. The van der Waals surface area contributed by atoms with Gasteiger partial charge in [0.2, 0.25) is 0 Å². The number of hydrogen-bond donors (Lipinski definition) is 1. The Bertz CT molecular complexity index is 403. The van der Waals surface area contributed by atoms with Crippen molar-refractivity contribution in [1.82, 2.24) is 9.78 Å². The van der Waals surface area contributed by atoms with Crippen LogP contribution in [0.25, 0.3) is 0 Å². The van der Waals surface area contributed by atoms with E-state index in [1.807, 2.05) is 13.2 Å². The van der Waals surface area contributed by atoms with Crippen molar-refractivity contribution in [3.8, 4) is 0 Å². The van der Waals surface area contributed by atoms with E-state index < -0.39 is 0 Å². The monoisotopic (exact) mass is 249 g/mol. The molecule has 1 aromatic heterocycles. The van der Waals surface area contributed by atoms with Crippen LogP contribution >= 0.6 is 0 Å². The number of Topliss-reactive ketones (excluding diaryl/α,β-unsaturated/α-hetero) is 1. The number of aryl methyl sites for hydroxylation is 1. The van der Waals surface area contributed by atoms with Crippen LogP contribution in [0.3, 0.4) is 0 Å². The molecule has 0 amide bonds. The third-order valence-corrected chi connectivity index (χ3v) is 4.17. The van der Waals surface area contributed by atoms with Crippen molar-refractivity contribution in [1.29, 1.82) is 0 Å². The maximum atomic E-state index is 12.6. The molecule has 0 aliphatic heterocycles. The second-order valence-corrected chi connectivity index (χ2v) is 5.52. The van der Waals surface area contributed by atoms with Crippen LogP contribution in [0.15, 0.2) is 12.4 Å². The molecule has 1 saturated carbocycles. The summed E-state index contributed by atoms with van der Waals surface area (Å²) in [4.78, 5) is 12.6. The highest BCUT2D eigenvalue weighted by Gasteiger charge is 2.36. The van der Waals surface area contributed by atoms with Crippen molar-refractivity contribution >= 4 is 5.78 Å². The van der Waals surface area contributed by atoms with E-state index in [1.54, 1.807) is 10.9 Å². The fraction of sp³-hybridized carbons (Fsp3) is 0.714. The summed E-state index contributed by atoms with van der Waals surface area (Å²) in [5, 5.41) is 4.12. The summed E-state index contributed by atoms with van der Waals surface area (Å²) in [7, 11) is 1.87. The Labute approximate surface area is 109 Å². The van der Waals surface area contributed by atoms with Crippen molar-refractivity contribution in [3.05, 3.63) is 18.0 Å². The average molecular weight is 249 g/mol. The summed E-state index contributed by atoms with van der Waals surface area (Å²) >= 11 is 0. The molecular formula is C14H23N3O. The molecule has 1 heterocycles. The molecule has 1 fully saturated rings. The molecule has 0 radical (unpaired) electrons. The van der Waals surface area contributed by atoms with Crippen molar-refractivity contribution in [2.75, 3.05) is 6.54 Å². The lowest BCUT2D eigenvalue weighted by Gasteiger charge is -2.29. The Morgan fingerprint density at radius 2 is 2.06 bits per heavy atom. The summed E-state index contributed by atoms with van der Waals surface area (Å²) < 4.78 is 1.74. The Morgan fingerprint density at radius 3 is 2.56 bits per heavy atom. The van der Waals surface area contributed by atoms with Gasteiger partial charge in [0.15, 0.2) is 0 Å². The largest absolute Gasteiger partial charge is 0.329 e. The first kappa shape index (κ1) is 13.3. The minimum atomic E-state index is -0.271. The van der Waals surface area contributed by atoms with E-state index >= 15 is 0 Å². The van der Waals surface area contributed by atoms with Crippen LogP contribution < -0.4 is 5.73 Å². The Kier molecular flexibility index (Phi) is 4.17. The SMILES string of the molecule is Cn1cc(CC(=O)C2(CN)CCCCCC2)cn1. The smallest absolute Gasteiger partial charge is 0.144 e. The second kappa shape index (κ2) is 5.65. The molecule has 2 rings (SSSR count). The zero-order chi connectivity index (χ0) is 13.0. The zero-order valence-electron chi connectivity index (χ0n) is 11.2. The van der Waals surface area contributed by atoms with E-state index in [4.69, 9.17) is 5.73 Å². The summed E-state index contributed by atoms with van der Waals surface area (Å²) in [6, 6.07) is 0. The molecule has 4 nitrogen and oxygen atoms in total. The molecule has 100 valence electrons. The van der Waals surface area contributed by atoms with E-state index in [9.17, 15) is 4.79 Å². The number of nitrogens with two attached hydrogens (primary N) is 1. The Balaban J connectivity index is 2.08. The van der Waals surface area contributed by atoms with Gasteiger partial charge in [-0.3, -0.25) is 9.48 Å². The minimum Gasteiger partial charge on any atom is -0.329 e. The number of carbonyl (C=O) groups is 1. The Hall–Kier alpha value is -1.16. The van der Waals surface area contributed by atoms with E-state index in [0.29, 0.717) is 18.7 Å². The molecular weight excluding hydrogens is 226 g/mol. The molecule has 0 spiro atoms. The van der Waals surface area contributed by atoms with Crippen molar-refractivity contribution in [2.24, 2.45) is 18.2 Å². The van der Waals surface area contributed by atoms with Gasteiger partial charge in [0.05, 0.1) is 6.20 Å². The van der Waals surface area contributed by atoms with E-state index in [1.165, 1.54) is 12.8 Å². The highest BCUT2D eigenvalue weighted by Crippen LogP contribution is 2.35. The highest BCUT2D eigenvalue weighted by atomic mass is 16.1. The summed E-state index contributed by atoms with van der Waals surface area (Å²) in [5.41, 5.74) is 6.65. The van der Waals surface area contributed by atoms with Crippen LogP contribution in [0.4, 0.5) is 0 Å². The molecule has 1 aliphatic rings. The number of rotatable bonds is 4. The third-order valence-electron chi connectivity index (χ3n) is 4.17. The first-order valence-corrected chi connectivity index (χ1v) is 6.87.